The predicted octanol–water partition coefficient (Wildman–Crippen LogP) is 0.605. The predicted molar refractivity (Wildman–Crippen MR) is 69.2 cm³/mol. The molecular weight excluding hydrogens is 246 g/mol. The fourth-order valence-electron chi connectivity index (χ4n) is 2.18. The molecule has 19 heavy (non-hydrogen) atoms. The summed E-state index contributed by atoms with van der Waals surface area (Å²) in [7, 11) is 0. The molecule has 0 unspecified atom stereocenters. The lowest BCUT2D eigenvalue weighted by molar-refractivity contribution is 0.0690. The van der Waals surface area contributed by atoms with E-state index in [0.29, 0.717) is 6.54 Å². The van der Waals surface area contributed by atoms with E-state index < -0.39 is 11.9 Å². The summed E-state index contributed by atoms with van der Waals surface area (Å²) >= 11 is 0. The Morgan fingerprint density at radius 3 is 2.79 bits per heavy atom. The van der Waals surface area contributed by atoms with Gasteiger partial charge in [0, 0.05) is 19.3 Å². The topological polar surface area (TPSA) is 82.5 Å². The number of carbonyl (C=O) groups is 2. The van der Waals surface area contributed by atoms with E-state index in [1.54, 1.807) is 0 Å². The van der Waals surface area contributed by atoms with Crippen molar-refractivity contribution >= 4 is 11.9 Å². The van der Waals surface area contributed by atoms with Gasteiger partial charge in [-0.3, -0.25) is 9.78 Å². The lowest BCUT2D eigenvalue weighted by atomic mass is 10.2. The van der Waals surface area contributed by atoms with Gasteiger partial charge in [-0.05, 0) is 38.1 Å². The molecule has 2 heterocycles. The summed E-state index contributed by atoms with van der Waals surface area (Å²) in [4.78, 5) is 29.0. The van der Waals surface area contributed by atoms with Crippen molar-refractivity contribution in [3.63, 3.8) is 0 Å². The van der Waals surface area contributed by atoms with Crippen LogP contribution in [0.25, 0.3) is 0 Å². The van der Waals surface area contributed by atoms with Crippen LogP contribution in [-0.2, 0) is 0 Å². The number of aromatic nitrogens is 1. The lowest BCUT2D eigenvalue weighted by Gasteiger charge is -2.14. The van der Waals surface area contributed by atoms with Crippen LogP contribution in [-0.4, -0.2) is 53.0 Å². The molecule has 2 N–H and O–H groups in total. The van der Waals surface area contributed by atoms with Gasteiger partial charge in [0.2, 0.25) is 0 Å². The molecular formula is C13H17N3O3. The van der Waals surface area contributed by atoms with Gasteiger partial charge in [0.15, 0.2) is 0 Å². The number of likely N-dealkylation sites (tertiary alicyclic amines) is 1. The largest absolute Gasteiger partial charge is 0.478 e. The van der Waals surface area contributed by atoms with Crippen LogP contribution < -0.4 is 5.32 Å². The molecule has 1 aromatic rings. The highest BCUT2D eigenvalue weighted by molar-refractivity contribution is 6.03. The number of hydrogen-bond donors (Lipinski definition) is 2. The van der Waals surface area contributed by atoms with E-state index in [1.807, 2.05) is 0 Å². The van der Waals surface area contributed by atoms with Crippen LogP contribution in [0.3, 0.4) is 0 Å². The van der Waals surface area contributed by atoms with Crippen LogP contribution in [0.15, 0.2) is 18.3 Å². The molecule has 0 aliphatic carbocycles. The van der Waals surface area contributed by atoms with Gasteiger partial charge in [-0.25, -0.2) is 4.79 Å². The fourth-order valence-corrected chi connectivity index (χ4v) is 2.18. The highest BCUT2D eigenvalue weighted by atomic mass is 16.4. The zero-order chi connectivity index (χ0) is 13.7. The second kappa shape index (κ2) is 6.29. The van der Waals surface area contributed by atoms with Gasteiger partial charge >= 0.3 is 5.97 Å². The number of nitrogens with zero attached hydrogens (tertiary/aromatic N) is 2. The van der Waals surface area contributed by atoms with E-state index in [0.717, 1.165) is 19.6 Å². The quantitative estimate of drug-likeness (QED) is 0.813. The van der Waals surface area contributed by atoms with Crippen LogP contribution in [0.5, 0.6) is 0 Å². The molecule has 1 aliphatic heterocycles. The molecule has 0 radical (unpaired) electrons. The Morgan fingerprint density at radius 2 is 2.11 bits per heavy atom. The number of carboxylic acids is 1. The number of aromatic carboxylic acids is 1. The van der Waals surface area contributed by atoms with Crippen molar-refractivity contribution in [2.24, 2.45) is 0 Å². The first-order chi connectivity index (χ1) is 9.18. The summed E-state index contributed by atoms with van der Waals surface area (Å²) in [5.41, 5.74) is -0.0994. The maximum Gasteiger partial charge on any atom is 0.338 e. The third kappa shape index (κ3) is 3.51. The molecule has 0 atom stereocenters. The minimum atomic E-state index is -1.14. The Labute approximate surface area is 111 Å². The Balaban J connectivity index is 1.90. The van der Waals surface area contributed by atoms with Crippen molar-refractivity contribution in [2.75, 3.05) is 26.2 Å². The SMILES string of the molecule is O=C(O)c1cccnc1C(=O)NCCN1CCCC1. The van der Waals surface area contributed by atoms with Gasteiger partial charge < -0.3 is 15.3 Å². The van der Waals surface area contributed by atoms with Gasteiger partial charge in [0.1, 0.15) is 5.69 Å². The first-order valence-corrected chi connectivity index (χ1v) is 6.37. The molecule has 0 saturated carbocycles. The first-order valence-electron chi connectivity index (χ1n) is 6.37. The van der Waals surface area contributed by atoms with E-state index in [9.17, 15) is 9.59 Å². The van der Waals surface area contributed by atoms with Crippen LogP contribution >= 0.6 is 0 Å². The van der Waals surface area contributed by atoms with Gasteiger partial charge in [0.05, 0.1) is 5.56 Å². The second-order valence-corrected chi connectivity index (χ2v) is 4.51. The smallest absolute Gasteiger partial charge is 0.338 e. The summed E-state index contributed by atoms with van der Waals surface area (Å²) < 4.78 is 0. The molecule has 0 aromatic carbocycles. The van der Waals surface area contributed by atoms with E-state index in [1.165, 1.54) is 31.2 Å². The highest BCUT2D eigenvalue weighted by Crippen LogP contribution is 2.07. The zero-order valence-electron chi connectivity index (χ0n) is 10.6. The summed E-state index contributed by atoms with van der Waals surface area (Å²) in [6, 6.07) is 2.88. The molecule has 2 rings (SSSR count). The van der Waals surface area contributed by atoms with Gasteiger partial charge in [-0.1, -0.05) is 0 Å². The van der Waals surface area contributed by atoms with Crippen molar-refractivity contribution in [2.45, 2.75) is 12.8 Å². The average Bonchev–Trinajstić information content (AvgIpc) is 2.91. The third-order valence-corrected chi connectivity index (χ3v) is 3.17. The Hall–Kier alpha value is -1.95. The highest BCUT2D eigenvalue weighted by Gasteiger charge is 2.17. The summed E-state index contributed by atoms with van der Waals surface area (Å²) in [6.45, 7) is 3.44. The molecule has 0 bridgehead atoms. The second-order valence-electron chi connectivity index (χ2n) is 4.51. The van der Waals surface area contributed by atoms with E-state index in [2.05, 4.69) is 15.2 Å². The van der Waals surface area contributed by atoms with Gasteiger partial charge in [0.25, 0.3) is 5.91 Å². The monoisotopic (exact) mass is 263 g/mol. The Kier molecular flexibility index (Phi) is 4.46. The molecule has 102 valence electrons. The summed E-state index contributed by atoms with van der Waals surface area (Å²) in [5, 5.41) is 11.7. The maximum atomic E-state index is 11.9. The number of carboxylic acid groups (broad SMARTS) is 1. The van der Waals surface area contributed by atoms with Crippen molar-refractivity contribution in [3.05, 3.63) is 29.6 Å². The molecule has 6 nitrogen and oxygen atoms in total. The van der Waals surface area contributed by atoms with E-state index >= 15 is 0 Å². The number of nitrogens with one attached hydrogen (secondary N) is 1. The normalized spacial score (nSPS) is 15.4. The zero-order valence-corrected chi connectivity index (χ0v) is 10.6. The third-order valence-electron chi connectivity index (χ3n) is 3.17. The standard InChI is InChI=1S/C13H17N3O3/c17-12(15-6-9-16-7-1-2-8-16)11-10(13(18)19)4-3-5-14-11/h3-5H,1-2,6-9H2,(H,15,17)(H,18,19). The number of pyridine rings is 1. The maximum absolute atomic E-state index is 11.9. The molecule has 1 fully saturated rings. The number of carbonyl (C=O) groups excluding carboxylic acids is 1. The van der Waals surface area contributed by atoms with Crippen LogP contribution in [0, 0.1) is 0 Å². The lowest BCUT2D eigenvalue weighted by Crippen LogP contribution is -2.34. The average molecular weight is 263 g/mol. The van der Waals surface area contributed by atoms with Crippen LogP contribution in [0.4, 0.5) is 0 Å². The van der Waals surface area contributed by atoms with Crippen molar-refractivity contribution in [1.82, 2.24) is 15.2 Å². The van der Waals surface area contributed by atoms with E-state index in [-0.39, 0.29) is 11.3 Å². The number of hydrogen-bond acceptors (Lipinski definition) is 4. The van der Waals surface area contributed by atoms with Gasteiger partial charge in [-0.15, -0.1) is 0 Å². The van der Waals surface area contributed by atoms with Crippen molar-refractivity contribution in [3.8, 4) is 0 Å². The molecule has 1 amide bonds. The van der Waals surface area contributed by atoms with Gasteiger partial charge in [-0.2, -0.15) is 0 Å². The molecule has 1 aromatic heterocycles. The van der Waals surface area contributed by atoms with Crippen molar-refractivity contribution < 1.29 is 14.7 Å². The minimum absolute atomic E-state index is 0.0311. The fraction of sp³-hybridized carbons (Fsp3) is 0.462. The first kappa shape index (κ1) is 13.5. The Morgan fingerprint density at radius 1 is 1.37 bits per heavy atom. The molecule has 0 spiro atoms. The molecule has 1 aliphatic rings. The van der Waals surface area contributed by atoms with E-state index in [4.69, 9.17) is 5.11 Å². The van der Waals surface area contributed by atoms with Crippen molar-refractivity contribution in [1.29, 1.82) is 0 Å². The number of rotatable bonds is 5. The Bertz CT molecular complexity index is 470. The summed E-state index contributed by atoms with van der Waals surface area (Å²) in [6.07, 6.45) is 3.83. The number of amides is 1. The minimum Gasteiger partial charge on any atom is -0.478 e. The van der Waals surface area contributed by atoms with Crippen LogP contribution in [0.2, 0.25) is 0 Å². The molecule has 6 heteroatoms. The molecule has 1 saturated heterocycles. The summed E-state index contributed by atoms with van der Waals surface area (Å²) in [5.74, 6) is -1.57. The van der Waals surface area contributed by atoms with Crippen LogP contribution in [0.1, 0.15) is 33.7 Å².